The molecular weight excluding hydrogens is 224 g/mol. The molecular formula is C16H22O2. The number of rotatable bonds is 4. The second-order valence-corrected chi connectivity index (χ2v) is 5.41. The highest BCUT2D eigenvalue weighted by atomic mass is 16.3. The Kier molecular flexibility index (Phi) is 4.54. The third kappa shape index (κ3) is 3.20. The minimum atomic E-state index is -0.759. The largest absolute Gasteiger partial charge is 0.385 e. The molecule has 1 aliphatic carbocycles. The monoisotopic (exact) mass is 246 g/mol. The van der Waals surface area contributed by atoms with E-state index in [0.29, 0.717) is 6.42 Å². The quantitative estimate of drug-likeness (QED) is 0.886. The molecule has 1 aromatic carbocycles. The summed E-state index contributed by atoms with van der Waals surface area (Å²) in [6, 6.07) is 7.90. The first-order valence-electron chi connectivity index (χ1n) is 6.94. The summed E-state index contributed by atoms with van der Waals surface area (Å²) in [7, 11) is 0. The third-order valence-corrected chi connectivity index (χ3v) is 4.05. The highest BCUT2D eigenvalue weighted by molar-refractivity contribution is 5.85. The van der Waals surface area contributed by atoms with Gasteiger partial charge in [-0.15, -0.1) is 0 Å². The molecule has 1 aromatic rings. The van der Waals surface area contributed by atoms with Gasteiger partial charge in [-0.1, -0.05) is 43.5 Å². The summed E-state index contributed by atoms with van der Waals surface area (Å²) in [5.74, 6) is 0.173. The smallest absolute Gasteiger partial charge is 0.165 e. The number of hydrogen-bond acceptors (Lipinski definition) is 2. The van der Waals surface area contributed by atoms with Crippen LogP contribution in [0.25, 0.3) is 0 Å². The topological polar surface area (TPSA) is 37.3 Å². The van der Waals surface area contributed by atoms with Crippen molar-refractivity contribution in [1.29, 1.82) is 0 Å². The van der Waals surface area contributed by atoms with Crippen LogP contribution in [-0.2, 0) is 11.2 Å². The Labute approximate surface area is 109 Å². The molecule has 0 spiro atoms. The van der Waals surface area contributed by atoms with Crippen molar-refractivity contribution in [3.05, 3.63) is 35.4 Å². The van der Waals surface area contributed by atoms with Crippen molar-refractivity contribution in [1.82, 2.24) is 0 Å². The van der Waals surface area contributed by atoms with E-state index in [2.05, 4.69) is 0 Å². The number of carbonyl (C=O) groups is 1. The molecule has 98 valence electrons. The van der Waals surface area contributed by atoms with E-state index in [4.69, 9.17) is 0 Å². The molecule has 2 heteroatoms. The Morgan fingerprint density at radius 1 is 1.28 bits per heavy atom. The SMILES string of the molecule is Cc1ccccc1CC(=O)C(O)C1CCCCC1. The maximum atomic E-state index is 12.1. The van der Waals surface area contributed by atoms with Gasteiger partial charge in [0.1, 0.15) is 6.10 Å². The van der Waals surface area contributed by atoms with E-state index in [0.717, 1.165) is 36.8 Å². The fourth-order valence-corrected chi connectivity index (χ4v) is 2.81. The number of aliphatic hydroxyl groups is 1. The van der Waals surface area contributed by atoms with E-state index < -0.39 is 6.10 Å². The summed E-state index contributed by atoms with van der Waals surface area (Å²) in [4.78, 5) is 12.1. The molecule has 18 heavy (non-hydrogen) atoms. The van der Waals surface area contributed by atoms with Gasteiger partial charge in [-0.05, 0) is 36.8 Å². The third-order valence-electron chi connectivity index (χ3n) is 4.05. The second kappa shape index (κ2) is 6.14. The van der Waals surface area contributed by atoms with Gasteiger partial charge in [0.2, 0.25) is 0 Å². The lowest BCUT2D eigenvalue weighted by atomic mass is 9.82. The van der Waals surface area contributed by atoms with Crippen LogP contribution in [0.4, 0.5) is 0 Å². The molecule has 0 amide bonds. The van der Waals surface area contributed by atoms with Crippen LogP contribution in [0.5, 0.6) is 0 Å². The number of carbonyl (C=O) groups excluding carboxylic acids is 1. The number of Topliss-reactive ketones (excluding diaryl/α,β-unsaturated/α-hetero) is 1. The molecule has 2 nitrogen and oxygen atoms in total. The summed E-state index contributed by atoms with van der Waals surface area (Å²) >= 11 is 0. The first-order valence-corrected chi connectivity index (χ1v) is 6.94. The van der Waals surface area contributed by atoms with Crippen LogP contribution in [0.2, 0.25) is 0 Å². The molecule has 0 saturated heterocycles. The summed E-state index contributed by atoms with van der Waals surface area (Å²) in [6.07, 6.45) is 5.16. The van der Waals surface area contributed by atoms with Crippen LogP contribution >= 0.6 is 0 Å². The van der Waals surface area contributed by atoms with Gasteiger partial charge in [0.25, 0.3) is 0 Å². The predicted molar refractivity (Wildman–Crippen MR) is 72.5 cm³/mol. The van der Waals surface area contributed by atoms with Gasteiger partial charge in [0, 0.05) is 6.42 Å². The van der Waals surface area contributed by atoms with E-state index >= 15 is 0 Å². The average Bonchev–Trinajstić information content (AvgIpc) is 2.41. The van der Waals surface area contributed by atoms with E-state index in [9.17, 15) is 9.90 Å². The maximum absolute atomic E-state index is 12.1. The molecule has 2 rings (SSSR count). The highest BCUT2D eigenvalue weighted by Crippen LogP contribution is 2.27. The van der Waals surface area contributed by atoms with E-state index in [1.807, 2.05) is 31.2 Å². The fraction of sp³-hybridized carbons (Fsp3) is 0.562. The Balaban J connectivity index is 1.97. The standard InChI is InChI=1S/C16H22O2/c1-12-7-5-6-10-14(12)11-15(17)16(18)13-8-3-2-4-9-13/h5-7,10,13,16,18H,2-4,8-9,11H2,1H3. The fourth-order valence-electron chi connectivity index (χ4n) is 2.81. The van der Waals surface area contributed by atoms with E-state index in [-0.39, 0.29) is 11.7 Å². The Morgan fingerprint density at radius 3 is 2.61 bits per heavy atom. The van der Waals surface area contributed by atoms with Crippen LogP contribution in [-0.4, -0.2) is 17.0 Å². The van der Waals surface area contributed by atoms with Crippen LogP contribution in [0.3, 0.4) is 0 Å². The molecule has 1 atom stereocenters. The average molecular weight is 246 g/mol. The second-order valence-electron chi connectivity index (χ2n) is 5.41. The van der Waals surface area contributed by atoms with E-state index in [1.165, 1.54) is 6.42 Å². The summed E-state index contributed by atoms with van der Waals surface area (Å²) in [6.45, 7) is 2.01. The zero-order valence-corrected chi connectivity index (χ0v) is 11.1. The minimum absolute atomic E-state index is 0.0174. The van der Waals surface area contributed by atoms with Gasteiger partial charge in [0.05, 0.1) is 0 Å². The van der Waals surface area contributed by atoms with Crippen molar-refractivity contribution in [3.63, 3.8) is 0 Å². The van der Waals surface area contributed by atoms with Gasteiger partial charge >= 0.3 is 0 Å². The van der Waals surface area contributed by atoms with E-state index in [1.54, 1.807) is 0 Å². The zero-order chi connectivity index (χ0) is 13.0. The molecule has 0 aromatic heterocycles. The normalized spacial score (nSPS) is 18.6. The lowest BCUT2D eigenvalue weighted by Crippen LogP contribution is -2.32. The molecule has 1 fully saturated rings. The maximum Gasteiger partial charge on any atom is 0.165 e. The first-order chi connectivity index (χ1) is 8.68. The van der Waals surface area contributed by atoms with Crippen LogP contribution < -0.4 is 0 Å². The molecule has 0 heterocycles. The Bertz CT molecular complexity index is 405. The van der Waals surface area contributed by atoms with Gasteiger partial charge in [0.15, 0.2) is 5.78 Å². The van der Waals surface area contributed by atoms with Crippen molar-refractivity contribution in [2.24, 2.45) is 5.92 Å². The predicted octanol–water partition coefficient (Wildman–Crippen LogP) is 3.05. The molecule has 0 radical (unpaired) electrons. The zero-order valence-electron chi connectivity index (χ0n) is 11.1. The lowest BCUT2D eigenvalue weighted by Gasteiger charge is -2.25. The minimum Gasteiger partial charge on any atom is -0.385 e. The Hall–Kier alpha value is -1.15. The first kappa shape index (κ1) is 13.3. The van der Waals surface area contributed by atoms with Gasteiger partial charge in [-0.2, -0.15) is 0 Å². The number of hydrogen-bond donors (Lipinski definition) is 1. The summed E-state index contributed by atoms with van der Waals surface area (Å²) in [5, 5.41) is 10.1. The van der Waals surface area contributed by atoms with Gasteiger partial charge in [-0.3, -0.25) is 4.79 Å². The number of aryl methyl sites for hydroxylation is 1. The number of aliphatic hydroxyl groups excluding tert-OH is 1. The summed E-state index contributed by atoms with van der Waals surface area (Å²) < 4.78 is 0. The van der Waals surface area contributed by atoms with Crippen LogP contribution in [0.1, 0.15) is 43.2 Å². The molecule has 1 saturated carbocycles. The van der Waals surface area contributed by atoms with Crippen molar-refractivity contribution in [3.8, 4) is 0 Å². The lowest BCUT2D eigenvalue weighted by molar-refractivity contribution is -0.129. The molecule has 0 bridgehead atoms. The number of ketones is 1. The molecule has 1 N–H and O–H groups in total. The summed E-state index contributed by atoms with van der Waals surface area (Å²) in [5.41, 5.74) is 2.17. The van der Waals surface area contributed by atoms with Crippen LogP contribution in [0, 0.1) is 12.8 Å². The number of benzene rings is 1. The van der Waals surface area contributed by atoms with Crippen LogP contribution in [0.15, 0.2) is 24.3 Å². The Morgan fingerprint density at radius 2 is 1.94 bits per heavy atom. The van der Waals surface area contributed by atoms with Crippen molar-refractivity contribution >= 4 is 5.78 Å². The van der Waals surface area contributed by atoms with Crippen molar-refractivity contribution < 1.29 is 9.90 Å². The molecule has 1 aliphatic rings. The van der Waals surface area contributed by atoms with Gasteiger partial charge < -0.3 is 5.11 Å². The molecule has 0 aliphatic heterocycles. The highest BCUT2D eigenvalue weighted by Gasteiger charge is 2.27. The van der Waals surface area contributed by atoms with Crippen molar-refractivity contribution in [2.45, 2.75) is 51.6 Å². The molecule has 1 unspecified atom stereocenters. The van der Waals surface area contributed by atoms with Crippen molar-refractivity contribution in [2.75, 3.05) is 0 Å². The van der Waals surface area contributed by atoms with Gasteiger partial charge in [-0.25, -0.2) is 0 Å².